The SMILES string of the molecule is Cc1cc(-n2c(C)cc(C(=O)COC(=O)CSc3ccccc3F)c2C)no1. The van der Waals surface area contributed by atoms with Gasteiger partial charge in [0, 0.05) is 27.9 Å². The van der Waals surface area contributed by atoms with E-state index in [9.17, 15) is 14.0 Å². The van der Waals surface area contributed by atoms with E-state index >= 15 is 0 Å². The number of thioether (sulfide) groups is 1. The first-order chi connectivity index (χ1) is 13.4. The zero-order valence-corrected chi connectivity index (χ0v) is 16.5. The Bertz CT molecular complexity index is 1030. The highest BCUT2D eigenvalue weighted by molar-refractivity contribution is 8.00. The quantitative estimate of drug-likeness (QED) is 0.337. The number of aromatic nitrogens is 2. The number of halogens is 1. The molecule has 8 heteroatoms. The third-order valence-corrected chi connectivity index (χ3v) is 5.14. The molecule has 0 radical (unpaired) electrons. The molecule has 0 unspecified atom stereocenters. The maximum Gasteiger partial charge on any atom is 0.316 e. The Kier molecular flexibility index (Phi) is 5.99. The lowest BCUT2D eigenvalue weighted by Crippen LogP contribution is -2.16. The number of ketones is 1. The van der Waals surface area contributed by atoms with Gasteiger partial charge in [0.05, 0.1) is 5.75 Å². The summed E-state index contributed by atoms with van der Waals surface area (Å²) >= 11 is 1.03. The number of hydrogen-bond acceptors (Lipinski definition) is 6. The lowest BCUT2D eigenvalue weighted by Gasteiger charge is -2.06. The van der Waals surface area contributed by atoms with Crippen molar-refractivity contribution in [2.24, 2.45) is 0 Å². The highest BCUT2D eigenvalue weighted by Crippen LogP contribution is 2.22. The summed E-state index contributed by atoms with van der Waals surface area (Å²) in [6.07, 6.45) is 0. The summed E-state index contributed by atoms with van der Waals surface area (Å²) in [5.41, 5.74) is 1.95. The van der Waals surface area contributed by atoms with Gasteiger partial charge in [0.2, 0.25) is 5.78 Å². The lowest BCUT2D eigenvalue weighted by molar-refractivity contribution is -0.139. The molecule has 0 aliphatic carbocycles. The molecule has 1 aromatic carbocycles. The van der Waals surface area contributed by atoms with Crippen molar-refractivity contribution in [3.05, 3.63) is 64.9 Å². The molecule has 0 saturated heterocycles. The summed E-state index contributed by atoms with van der Waals surface area (Å²) in [6, 6.07) is 9.67. The van der Waals surface area contributed by atoms with E-state index in [1.165, 1.54) is 6.07 Å². The Morgan fingerprint density at radius 1 is 1.21 bits per heavy atom. The zero-order chi connectivity index (χ0) is 20.3. The third-order valence-electron chi connectivity index (χ3n) is 4.12. The molecular weight excluding hydrogens is 383 g/mol. The van der Waals surface area contributed by atoms with Crippen LogP contribution in [0.3, 0.4) is 0 Å². The van der Waals surface area contributed by atoms with Gasteiger partial charge in [0.1, 0.15) is 11.6 Å². The van der Waals surface area contributed by atoms with Gasteiger partial charge in [-0.15, -0.1) is 11.8 Å². The third kappa shape index (κ3) is 4.33. The molecule has 0 fully saturated rings. The van der Waals surface area contributed by atoms with Crippen molar-refractivity contribution in [3.63, 3.8) is 0 Å². The monoisotopic (exact) mass is 402 g/mol. The molecular formula is C20H19FN2O4S. The molecule has 3 aromatic rings. The number of hydrogen-bond donors (Lipinski definition) is 0. The zero-order valence-electron chi connectivity index (χ0n) is 15.7. The van der Waals surface area contributed by atoms with Crippen LogP contribution in [0.25, 0.3) is 5.82 Å². The van der Waals surface area contributed by atoms with Gasteiger partial charge < -0.3 is 9.26 Å². The minimum Gasteiger partial charge on any atom is -0.457 e. The summed E-state index contributed by atoms with van der Waals surface area (Å²) in [7, 11) is 0. The summed E-state index contributed by atoms with van der Waals surface area (Å²) < 4.78 is 25.5. The Balaban J connectivity index is 1.61. The second-order valence-corrected chi connectivity index (χ2v) is 7.24. The van der Waals surface area contributed by atoms with Crippen LogP contribution < -0.4 is 0 Å². The number of carbonyl (C=O) groups is 2. The fraction of sp³-hybridized carbons (Fsp3) is 0.250. The van der Waals surface area contributed by atoms with E-state index in [0.29, 0.717) is 27.7 Å². The van der Waals surface area contributed by atoms with Gasteiger partial charge in [-0.3, -0.25) is 14.2 Å². The molecule has 2 heterocycles. The number of nitrogens with zero attached hydrogens (tertiary/aromatic N) is 2. The van der Waals surface area contributed by atoms with Gasteiger partial charge >= 0.3 is 5.97 Å². The number of Topliss-reactive ketones (excluding diaryl/α,β-unsaturated/α-hetero) is 1. The van der Waals surface area contributed by atoms with Crippen molar-refractivity contribution in [1.29, 1.82) is 0 Å². The van der Waals surface area contributed by atoms with Crippen LogP contribution in [0.15, 0.2) is 45.8 Å². The molecule has 0 aliphatic rings. The first-order valence-corrected chi connectivity index (χ1v) is 9.54. The first kappa shape index (κ1) is 19.9. The average molecular weight is 402 g/mol. The fourth-order valence-corrected chi connectivity index (χ4v) is 3.56. The smallest absolute Gasteiger partial charge is 0.316 e. The van der Waals surface area contributed by atoms with E-state index in [1.807, 2.05) is 6.92 Å². The second kappa shape index (κ2) is 8.43. The van der Waals surface area contributed by atoms with Gasteiger partial charge in [-0.25, -0.2) is 4.39 Å². The first-order valence-electron chi connectivity index (χ1n) is 8.55. The van der Waals surface area contributed by atoms with Crippen molar-refractivity contribution in [1.82, 2.24) is 9.72 Å². The van der Waals surface area contributed by atoms with Crippen molar-refractivity contribution in [2.75, 3.05) is 12.4 Å². The van der Waals surface area contributed by atoms with Crippen molar-refractivity contribution in [3.8, 4) is 5.82 Å². The Morgan fingerprint density at radius 2 is 1.96 bits per heavy atom. The van der Waals surface area contributed by atoms with E-state index in [2.05, 4.69) is 5.16 Å². The van der Waals surface area contributed by atoms with Gasteiger partial charge in [-0.2, -0.15) is 0 Å². The van der Waals surface area contributed by atoms with Crippen molar-refractivity contribution < 1.29 is 23.2 Å². The summed E-state index contributed by atoms with van der Waals surface area (Å²) in [6.45, 7) is 5.05. The number of benzene rings is 1. The summed E-state index contributed by atoms with van der Waals surface area (Å²) in [5, 5.41) is 3.97. The maximum atomic E-state index is 13.6. The Hall–Kier alpha value is -2.87. The highest BCUT2D eigenvalue weighted by atomic mass is 32.2. The molecule has 2 aromatic heterocycles. The van der Waals surface area contributed by atoms with Gasteiger partial charge in [-0.05, 0) is 39.0 Å². The molecule has 0 bridgehead atoms. The number of esters is 1. The van der Waals surface area contributed by atoms with Crippen LogP contribution in [0.1, 0.15) is 27.5 Å². The number of aryl methyl sites for hydroxylation is 2. The molecule has 0 atom stereocenters. The molecule has 0 saturated carbocycles. The molecule has 0 N–H and O–H groups in total. The fourth-order valence-electron chi connectivity index (χ4n) is 2.82. The van der Waals surface area contributed by atoms with Crippen LogP contribution in [0.2, 0.25) is 0 Å². The maximum absolute atomic E-state index is 13.6. The van der Waals surface area contributed by atoms with Crippen LogP contribution >= 0.6 is 11.8 Å². The van der Waals surface area contributed by atoms with Crippen LogP contribution in [0, 0.1) is 26.6 Å². The Labute approximate surface area is 165 Å². The van der Waals surface area contributed by atoms with Crippen molar-refractivity contribution in [2.45, 2.75) is 25.7 Å². The van der Waals surface area contributed by atoms with Crippen LogP contribution in [0.5, 0.6) is 0 Å². The minimum absolute atomic E-state index is 0.0779. The van der Waals surface area contributed by atoms with Crippen LogP contribution in [-0.2, 0) is 9.53 Å². The second-order valence-electron chi connectivity index (χ2n) is 6.22. The predicted octanol–water partition coefficient (Wildman–Crippen LogP) is 4.05. The number of ether oxygens (including phenoxy) is 1. The molecule has 28 heavy (non-hydrogen) atoms. The predicted molar refractivity (Wildman–Crippen MR) is 102 cm³/mol. The standard InChI is InChI=1S/C20H19FN2O4S/c1-12-8-15(14(3)23(12)19-9-13(2)27-22-19)17(24)10-26-20(25)11-28-18-7-5-4-6-16(18)21/h4-9H,10-11H2,1-3H3. The minimum atomic E-state index is -0.581. The van der Waals surface area contributed by atoms with Gasteiger partial charge in [-0.1, -0.05) is 17.3 Å². The van der Waals surface area contributed by atoms with Gasteiger partial charge in [0.25, 0.3) is 0 Å². The largest absolute Gasteiger partial charge is 0.457 e. The van der Waals surface area contributed by atoms with E-state index < -0.39 is 11.8 Å². The average Bonchev–Trinajstić information content (AvgIpc) is 3.21. The molecule has 0 spiro atoms. The van der Waals surface area contributed by atoms with E-state index in [1.54, 1.807) is 48.7 Å². The molecule has 6 nitrogen and oxygen atoms in total. The van der Waals surface area contributed by atoms with E-state index in [4.69, 9.17) is 9.26 Å². The summed E-state index contributed by atoms with van der Waals surface area (Å²) in [5.74, 6) is -0.120. The van der Waals surface area contributed by atoms with Crippen LogP contribution in [0.4, 0.5) is 4.39 Å². The number of rotatable bonds is 7. The van der Waals surface area contributed by atoms with E-state index in [0.717, 1.165) is 17.5 Å². The molecule has 0 amide bonds. The van der Waals surface area contributed by atoms with Crippen LogP contribution in [-0.4, -0.2) is 33.8 Å². The highest BCUT2D eigenvalue weighted by Gasteiger charge is 2.19. The molecule has 146 valence electrons. The van der Waals surface area contributed by atoms with Gasteiger partial charge in [0.15, 0.2) is 12.4 Å². The van der Waals surface area contributed by atoms with E-state index in [-0.39, 0.29) is 18.1 Å². The normalized spacial score (nSPS) is 10.9. The molecule has 3 rings (SSSR count). The number of carbonyl (C=O) groups excluding carboxylic acids is 2. The Morgan fingerprint density at radius 3 is 2.64 bits per heavy atom. The summed E-state index contributed by atoms with van der Waals surface area (Å²) in [4.78, 5) is 24.8. The van der Waals surface area contributed by atoms with Crippen molar-refractivity contribution >= 4 is 23.5 Å². The molecule has 0 aliphatic heterocycles. The topological polar surface area (TPSA) is 74.3 Å². The lowest BCUT2D eigenvalue weighted by atomic mass is 10.1.